The Labute approximate surface area is 204 Å². The number of para-hydroxylation sites is 1. The molecule has 0 unspecified atom stereocenters. The van der Waals surface area contributed by atoms with E-state index in [4.69, 9.17) is 4.74 Å². The highest BCUT2D eigenvalue weighted by Crippen LogP contribution is 2.17. The van der Waals surface area contributed by atoms with Crippen LogP contribution in [0.25, 0.3) is 0 Å². The van der Waals surface area contributed by atoms with Crippen molar-refractivity contribution in [1.29, 1.82) is 0 Å². The molecule has 3 aromatic carbocycles. The summed E-state index contributed by atoms with van der Waals surface area (Å²) in [6, 6.07) is 18.1. The number of anilines is 2. The maximum atomic E-state index is 12.3. The molecule has 8 nitrogen and oxygen atoms in total. The van der Waals surface area contributed by atoms with Crippen molar-refractivity contribution in [3.05, 3.63) is 88.5 Å². The van der Waals surface area contributed by atoms with Crippen molar-refractivity contribution in [3.63, 3.8) is 0 Å². The van der Waals surface area contributed by atoms with Gasteiger partial charge in [0, 0.05) is 16.9 Å². The fourth-order valence-electron chi connectivity index (χ4n) is 3.32. The summed E-state index contributed by atoms with van der Waals surface area (Å²) < 4.78 is 5.64. The molecule has 3 amide bonds. The summed E-state index contributed by atoms with van der Waals surface area (Å²) in [7, 11) is 0. The lowest BCUT2D eigenvalue weighted by Crippen LogP contribution is -2.32. The minimum atomic E-state index is -0.911. The van der Waals surface area contributed by atoms with Crippen molar-refractivity contribution >= 4 is 35.3 Å². The molecule has 0 saturated carbocycles. The van der Waals surface area contributed by atoms with Crippen molar-refractivity contribution in [2.75, 3.05) is 17.2 Å². The quantitative estimate of drug-likeness (QED) is 0.274. The van der Waals surface area contributed by atoms with E-state index >= 15 is 0 Å². The molecule has 0 saturated heterocycles. The first kappa shape index (κ1) is 25.2. The van der Waals surface area contributed by atoms with Crippen LogP contribution in [0.3, 0.4) is 0 Å². The Morgan fingerprint density at radius 3 is 2.23 bits per heavy atom. The Hall–Kier alpha value is -4.46. The average Bonchev–Trinajstić information content (AvgIpc) is 2.80. The van der Waals surface area contributed by atoms with E-state index in [1.54, 1.807) is 36.4 Å². The molecule has 0 heterocycles. The highest BCUT2D eigenvalue weighted by molar-refractivity contribution is 6.39. The van der Waals surface area contributed by atoms with Gasteiger partial charge in [-0.05, 0) is 86.3 Å². The number of nitrogens with zero attached hydrogens (tertiary/aromatic N) is 1. The number of amides is 3. The SMILES string of the molecule is Cc1cc(C)cc(NC(=O)COc2ccccc2/C=N\NC(=O)C(=O)Nc2ccc(C)c(C)c2)c1. The van der Waals surface area contributed by atoms with Gasteiger partial charge in [0.15, 0.2) is 6.61 Å². The summed E-state index contributed by atoms with van der Waals surface area (Å²) in [5.41, 5.74) is 8.13. The topological polar surface area (TPSA) is 109 Å². The van der Waals surface area contributed by atoms with Crippen molar-refractivity contribution in [3.8, 4) is 5.75 Å². The van der Waals surface area contributed by atoms with Crippen molar-refractivity contribution in [1.82, 2.24) is 5.43 Å². The van der Waals surface area contributed by atoms with Gasteiger partial charge in [-0.2, -0.15) is 5.10 Å². The molecule has 0 bridgehead atoms. The molecule has 0 atom stereocenters. The number of carbonyl (C=O) groups is 3. The highest BCUT2D eigenvalue weighted by Gasteiger charge is 2.13. The summed E-state index contributed by atoms with van der Waals surface area (Å²) in [4.78, 5) is 36.5. The van der Waals surface area contributed by atoms with Gasteiger partial charge in [0.05, 0.1) is 6.21 Å². The zero-order chi connectivity index (χ0) is 25.4. The third-order valence-corrected chi connectivity index (χ3v) is 5.12. The normalized spacial score (nSPS) is 10.6. The molecule has 0 spiro atoms. The van der Waals surface area contributed by atoms with Crippen LogP contribution in [0.5, 0.6) is 5.75 Å². The van der Waals surface area contributed by atoms with E-state index in [0.717, 1.165) is 22.3 Å². The van der Waals surface area contributed by atoms with Gasteiger partial charge in [-0.15, -0.1) is 0 Å². The van der Waals surface area contributed by atoms with E-state index in [0.29, 0.717) is 22.7 Å². The third kappa shape index (κ3) is 7.53. The maximum absolute atomic E-state index is 12.3. The fourth-order valence-corrected chi connectivity index (χ4v) is 3.32. The second-order valence-corrected chi connectivity index (χ2v) is 8.20. The molecule has 35 heavy (non-hydrogen) atoms. The standard InChI is InChI=1S/C27H28N4O4/c1-17-11-18(2)13-23(12-17)29-25(32)16-35-24-8-6-5-7-21(24)15-28-31-27(34)26(33)30-22-10-9-19(3)20(4)14-22/h5-15H,16H2,1-4H3,(H,29,32)(H,30,33)(H,31,34)/b28-15-. The second kappa shape index (κ2) is 11.6. The minimum absolute atomic E-state index is 0.206. The lowest BCUT2D eigenvalue weighted by atomic mass is 10.1. The number of aryl methyl sites for hydroxylation is 4. The Morgan fingerprint density at radius 2 is 1.51 bits per heavy atom. The summed E-state index contributed by atoms with van der Waals surface area (Å²) in [5.74, 6) is -1.65. The molecular formula is C27H28N4O4. The van der Waals surface area contributed by atoms with Crippen molar-refractivity contribution < 1.29 is 19.1 Å². The first-order chi connectivity index (χ1) is 16.7. The lowest BCUT2D eigenvalue weighted by molar-refractivity contribution is -0.136. The molecule has 0 aliphatic heterocycles. The predicted octanol–water partition coefficient (Wildman–Crippen LogP) is 4.03. The minimum Gasteiger partial charge on any atom is -0.483 e. The molecular weight excluding hydrogens is 444 g/mol. The van der Waals surface area contributed by atoms with Gasteiger partial charge < -0.3 is 15.4 Å². The molecule has 3 aromatic rings. The lowest BCUT2D eigenvalue weighted by Gasteiger charge is -2.10. The first-order valence-electron chi connectivity index (χ1n) is 11.0. The number of benzene rings is 3. The summed E-state index contributed by atoms with van der Waals surface area (Å²) >= 11 is 0. The average molecular weight is 473 g/mol. The van der Waals surface area contributed by atoms with Crippen LogP contribution in [0.2, 0.25) is 0 Å². The van der Waals surface area contributed by atoms with Gasteiger partial charge in [0.2, 0.25) is 0 Å². The largest absolute Gasteiger partial charge is 0.483 e. The predicted molar refractivity (Wildman–Crippen MR) is 137 cm³/mol. The number of carbonyl (C=O) groups excluding carboxylic acids is 3. The van der Waals surface area contributed by atoms with Crippen LogP contribution in [-0.4, -0.2) is 30.5 Å². The highest BCUT2D eigenvalue weighted by atomic mass is 16.5. The van der Waals surface area contributed by atoms with Crippen LogP contribution in [-0.2, 0) is 14.4 Å². The number of hydrazone groups is 1. The Bertz CT molecular complexity index is 1260. The zero-order valence-corrected chi connectivity index (χ0v) is 20.1. The zero-order valence-electron chi connectivity index (χ0n) is 20.1. The van der Waals surface area contributed by atoms with Gasteiger partial charge in [0.25, 0.3) is 5.91 Å². The van der Waals surface area contributed by atoms with E-state index in [9.17, 15) is 14.4 Å². The smallest absolute Gasteiger partial charge is 0.329 e. The maximum Gasteiger partial charge on any atom is 0.329 e. The summed E-state index contributed by atoms with van der Waals surface area (Å²) in [5, 5.41) is 9.19. The fraction of sp³-hybridized carbons (Fsp3) is 0.185. The van der Waals surface area contributed by atoms with Gasteiger partial charge in [-0.25, -0.2) is 5.43 Å². The molecule has 180 valence electrons. The third-order valence-electron chi connectivity index (χ3n) is 5.12. The van der Waals surface area contributed by atoms with Crippen LogP contribution in [0.15, 0.2) is 65.8 Å². The number of rotatable bonds is 7. The second-order valence-electron chi connectivity index (χ2n) is 8.20. The van der Waals surface area contributed by atoms with Crippen LogP contribution >= 0.6 is 0 Å². The number of hydrogen-bond donors (Lipinski definition) is 3. The molecule has 0 radical (unpaired) electrons. The van der Waals surface area contributed by atoms with Crippen molar-refractivity contribution in [2.24, 2.45) is 5.10 Å². The molecule has 3 N–H and O–H groups in total. The first-order valence-corrected chi connectivity index (χ1v) is 11.0. The summed E-state index contributed by atoms with van der Waals surface area (Å²) in [6.45, 7) is 7.59. The van der Waals surface area contributed by atoms with E-state index < -0.39 is 11.8 Å². The Balaban J connectivity index is 1.54. The molecule has 0 aliphatic rings. The van der Waals surface area contributed by atoms with E-state index in [1.807, 2.05) is 52.0 Å². The van der Waals surface area contributed by atoms with Crippen molar-refractivity contribution in [2.45, 2.75) is 27.7 Å². The van der Waals surface area contributed by atoms with Gasteiger partial charge in [-0.3, -0.25) is 14.4 Å². The molecule has 8 heteroatoms. The van der Waals surface area contributed by atoms with Gasteiger partial charge >= 0.3 is 11.8 Å². The number of hydrogen-bond acceptors (Lipinski definition) is 5. The van der Waals surface area contributed by atoms with Crippen LogP contribution in [0, 0.1) is 27.7 Å². The summed E-state index contributed by atoms with van der Waals surface area (Å²) in [6.07, 6.45) is 1.35. The molecule has 0 aromatic heterocycles. The van der Waals surface area contributed by atoms with Crippen LogP contribution in [0.1, 0.15) is 27.8 Å². The van der Waals surface area contributed by atoms with E-state index in [1.165, 1.54) is 6.21 Å². The van der Waals surface area contributed by atoms with Gasteiger partial charge in [-0.1, -0.05) is 24.3 Å². The molecule has 3 rings (SSSR count). The Kier molecular flexibility index (Phi) is 8.34. The van der Waals surface area contributed by atoms with Gasteiger partial charge in [0.1, 0.15) is 5.75 Å². The molecule has 0 aliphatic carbocycles. The Morgan fingerprint density at radius 1 is 0.800 bits per heavy atom. The number of nitrogens with one attached hydrogen (secondary N) is 3. The van der Waals surface area contributed by atoms with Crippen LogP contribution in [0.4, 0.5) is 11.4 Å². The number of ether oxygens (including phenoxy) is 1. The van der Waals surface area contributed by atoms with Crippen LogP contribution < -0.4 is 20.8 Å². The molecule has 0 fully saturated rings. The van der Waals surface area contributed by atoms with E-state index in [2.05, 4.69) is 21.2 Å². The monoisotopic (exact) mass is 472 g/mol. The van der Waals surface area contributed by atoms with E-state index in [-0.39, 0.29) is 12.5 Å².